The maximum absolute atomic E-state index is 11.9. The minimum absolute atomic E-state index is 0.475. The largest absolute Gasteiger partial charge is 0.481 e. The highest BCUT2D eigenvalue weighted by molar-refractivity contribution is 5.16. The lowest BCUT2D eigenvalue weighted by molar-refractivity contribution is 0.396. The van der Waals surface area contributed by atoms with E-state index in [1.807, 2.05) is 0 Å². The van der Waals surface area contributed by atoms with Gasteiger partial charge in [0.2, 0.25) is 5.88 Å². The maximum Gasteiger partial charge on any atom is 0.212 e. The third kappa shape index (κ3) is 1.43. The van der Waals surface area contributed by atoms with Crippen molar-refractivity contribution in [1.82, 2.24) is 4.98 Å². The summed E-state index contributed by atoms with van der Waals surface area (Å²) in [6, 6.07) is 3.28. The van der Waals surface area contributed by atoms with Crippen LogP contribution in [0.1, 0.15) is 5.56 Å². The minimum atomic E-state index is -0.475. The van der Waals surface area contributed by atoms with E-state index in [9.17, 15) is 4.39 Å². The zero-order chi connectivity index (χ0) is 7.40. The Morgan fingerprint density at radius 1 is 1.60 bits per heavy atom. The molecule has 2 nitrogen and oxygen atoms in total. The van der Waals surface area contributed by atoms with Crippen LogP contribution in [0, 0.1) is 0 Å². The standard InChI is InChI=1S/C7H8FNO/c1-10-7-3-2-6(4-8)5-9-7/h2-3,5H,4H2,1H3. The van der Waals surface area contributed by atoms with Crippen LogP contribution in [0.5, 0.6) is 5.88 Å². The van der Waals surface area contributed by atoms with Gasteiger partial charge in [0, 0.05) is 17.8 Å². The Labute approximate surface area is 58.7 Å². The summed E-state index contributed by atoms with van der Waals surface area (Å²) in [5.41, 5.74) is 0.570. The van der Waals surface area contributed by atoms with Gasteiger partial charge in [0.25, 0.3) is 0 Å². The highest BCUT2D eigenvalue weighted by Gasteiger charge is 1.92. The summed E-state index contributed by atoms with van der Waals surface area (Å²) < 4.78 is 16.7. The van der Waals surface area contributed by atoms with Crippen LogP contribution in [-0.2, 0) is 6.67 Å². The molecular formula is C7H8FNO. The van der Waals surface area contributed by atoms with E-state index >= 15 is 0 Å². The van der Waals surface area contributed by atoms with Crippen molar-refractivity contribution >= 4 is 0 Å². The number of ether oxygens (including phenoxy) is 1. The number of rotatable bonds is 2. The van der Waals surface area contributed by atoms with Crippen molar-refractivity contribution in [1.29, 1.82) is 0 Å². The van der Waals surface area contributed by atoms with Crippen LogP contribution in [0.4, 0.5) is 4.39 Å². The molecule has 0 amide bonds. The molecule has 0 bridgehead atoms. The van der Waals surface area contributed by atoms with Gasteiger partial charge in [0.15, 0.2) is 0 Å². The normalized spacial score (nSPS) is 9.40. The van der Waals surface area contributed by atoms with Crippen LogP contribution in [0.3, 0.4) is 0 Å². The molecule has 0 atom stereocenters. The second kappa shape index (κ2) is 3.15. The van der Waals surface area contributed by atoms with Gasteiger partial charge in [-0.05, 0) is 6.07 Å². The zero-order valence-corrected chi connectivity index (χ0v) is 5.67. The lowest BCUT2D eigenvalue weighted by Crippen LogP contribution is -1.87. The fraction of sp³-hybridized carbons (Fsp3) is 0.286. The van der Waals surface area contributed by atoms with Gasteiger partial charge in [0.1, 0.15) is 6.67 Å². The molecule has 0 aliphatic heterocycles. The van der Waals surface area contributed by atoms with Gasteiger partial charge in [-0.1, -0.05) is 0 Å². The van der Waals surface area contributed by atoms with Gasteiger partial charge in [-0.15, -0.1) is 0 Å². The maximum atomic E-state index is 11.9. The molecule has 0 radical (unpaired) electrons. The number of methoxy groups -OCH3 is 1. The van der Waals surface area contributed by atoms with Crippen molar-refractivity contribution in [2.75, 3.05) is 7.11 Å². The number of pyridine rings is 1. The predicted octanol–water partition coefficient (Wildman–Crippen LogP) is 1.56. The van der Waals surface area contributed by atoms with E-state index in [1.165, 1.54) is 13.3 Å². The Balaban J connectivity index is 2.80. The van der Waals surface area contributed by atoms with Crippen LogP contribution in [-0.4, -0.2) is 12.1 Å². The van der Waals surface area contributed by atoms with Crippen LogP contribution in [0.25, 0.3) is 0 Å². The lowest BCUT2D eigenvalue weighted by Gasteiger charge is -1.96. The lowest BCUT2D eigenvalue weighted by atomic mass is 10.3. The summed E-state index contributed by atoms with van der Waals surface area (Å²) >= 11 is 0. The molecule has 0 fully saturated rings. The molecule has 0 spiro atoms. The third-order valence-electron chi connectivity index (χ3n) is 1.16. The fourth-order valence-corrected chi connectivity index (χ4v) is 0.611. The van der Waals surface area contributed by atoms with Gasteiger partial charge < -0.3 is 4.74 Å². The first-order valence-electron chi connectivity index (χ1n) is 2.91. The Hall–Kier alpha value is -1.12. The molecule has 0 aliphatic rings. The topological polar surface area (TPSA) is 22.1 Å². The first-order chi connectivity index (χ1) is 4.86. The van der Waals surface area contributed by atoms with Crippen molar-refractivity contribution in [3.63, 3.8) is 0 Å². The molecule has 0 unspecified atom stereocenters. The number of aromatic nitrogens is 1. The highest BCUT2D eigenvalue weighted by Crippen LogP contribution is 2.06. The van der Waals surface area contributed by atoms with Crippen molar-refractivity contribution < 1.29 is 9.13 Å². The summed E-state index contributed by atoms with van der Waals surface area (Å²) in [6.07, 6.45) is 1.46. The van der Waals surface area contributed by atoms with E-state index in [2.05, 4.69) is 4.98 Å². The average molecular weight is 141 g/mol. The van der Waals surface area contributed by atoms with E-state index in [0.717, 1.165) is 0 Å². The van der Waals surface area contributed by atoms with Gasteiger partial charge >= 0.3 is 0 Å². The Morgan fingerprint density at radius 3 is 2.80 bits per heavy atom. The monoisotopic (exact) mass is 141 g/mol. The summed E-state index contributed by atoms with van der Waals surface area (Å²) in [7, 11) is 1.53. The average Bonchev–Trinajstić information content (AvgIpc) is 2.05. The predicted molar refractivity (Wildman–Crippen MR) is 35.6 cm³/mol. The molecule has 10 heavy (non-hydrogen) atoms. The van der Waals surface area contributed by atoms with Crippen LogP contribution in [0.15, 0.2) is 18.3 Å². The molecule has 1 aromatic heterocycles. The van der Waals surface area contributed by atoms with Gasteiger partial charge in [-0.3, -0.25) is 0 Å². The van der Waals surface area contributed by atoms with Crippen molar-refractivity contribution in [3.8, 4) is 5.88 Å². The van der Waals surface area contributed by atoms with E-state index < -0.39 is 6.67 Å². The van der Waals surface area contributed by atoms with Crippen LogP contribution >= 0.6 is 0 Å². The molecule has 3 heteroatoms. The number of halogens is 1. The minimum Gasteiger partial charge on any atom is -0.481 e. The van der Waals surface area contributed by atoms with Crippen molar-refractivity contribution in [2.45, 2.75) is 6.67 Å². The van der Waals surface area contributed by atoms with Crippen LogP contribution < -0.4 is 4.74 Å². The number of alkyl halides is 1. The summed E-state index contributed by atoms with van der Waals surface area (Å²) in [6.45, 7) is -0.475. The van der Waals surface area contributed by atoms with E-state index in [4.69, 9.17) is 4.74 Å². The highest BCUT2D eigenvalue weighted by atomic mass is 19.1. The Kier molecular flexibility index (Phi) is 2.20. The van der Waals surface area contributed by atoms with Gasteiger partial charge in [-0.25, -0.2) is 9.37 Å². The molecule has 1 heterocycles. The molecule has 0 aliphatic carbocycles. The summed E-state index contributed by atoms with van der Waals surface area (Å²) in [4.78, 5) is 3.81. The van der Waals surface area contributed by atoms with E-state index in [1.54, 1.807) is 12.1 Å². The Morgan fingerprint density at radius 2 is 2.40 bits per heavy atom. The fourth-order valence-electron chi connectivity index (χ4n) is 0.611. The molecule has 0 saturated carbocycles. The number of hydrogen-bond acceptors (Lipinski definition) is 2. The summed E-state index contributed by atoms with van der Waals surface area (Å²) in [5.74, 6) is 0.511. The number of nitrogens with zero attached hydrogens (tertiary/aromatic N) is 1. The first-order valence-corrected chi connectivity index (χ1v) is 2.91. The molecule has 0 saturated heterocycles. The molecule has 1 rings (SSSR count). The second-order valence-corrected chi connectivity index (χ2v) is 1.84. The SMILES string of the molecule is COc1ccc(CF)cn1. The first kappa shape index (κ1) is 6.99. The molecule has 1 aromatic rings. The van der Waals surface area contributed by atoms with Crippen LogP contribution in [0.2, 0.25) is 0 Å². The van der Waals surface area contributed by atoms with Gasteiger partial charge in [-0.2, -0.15) is 0 Å². The summed E-state index contributed by atoms with van der Waals surface area (Å²) in [5, 5.41) is 0. The van der Waals surface area contributed by atoms with E-state index in [0.29, 0.717) is 11.4 Å². The molecular weight excluding hydrogens is 133 g/mol. The molecule has 0 N–H and O–H groups in total. The number of hydrogen-bond donors (Lipinski definition) is 0. The van der Waals surface area contributed by atoms with Crippen molar-refractivity contribution in [3.05, 3.63) is 23.9 Å². The van der Waals surface area contributed by atoms with Gasteiger partial charge in [0.05, 0.1) is 7.11 Å². The Bertz CT molecular complexity index is 174. The third-order valence-corrected chi connectivity index (χ3v) is 1.16. The van der Waals surface area contributed by atoms with E-state index in [-0.39, 0.29) is 0 Å². The quantitative estimate of drug-likeness (QED) is 0.623. The second-order valence-electron chi connectivity index (χ2n) is 1.84. The molecule has 54 valence electrons. The molecule has 0 aromatic carbocycles. The zero-order valence-electron chi connectivity index (χ0n) is 5.67. The van der Waals surface area contributed by atoms with Crippen molar-refractivity contribution in [2.24, 2.45) is 0 Å². The smallest absolute Gasteiger partial charge is 0.212 e.